The fraction of sp³-hybridized carbons (Fsp3) is 0.333. The molecular weight excluding hydrogens is 359 g/mol. The molecule has 7 heteroatoms. The molecular formula is C21H27FN4O2. The van der Waals surface area contributed by atoms with Gasteiger partial charge in [0, 0.05) is 39.8 Å². The number of nitrogens with one attached hydrogen (secondary N) is 2. The first kappa shape index (κ1) is 21.2. The highest BCUT2D eigenvalue weighted by atomic mass is 19.1. The first-order valence-corrected chi connectivity index (χ1v) is 9.13. The summed E-state index contributed by atoms with van der Waals surface area (Å²) >= 11 is 0. The van der Waals surface area contributed by atoms with Gasteiger partial charge in [-0.05, 0) is 48.4 Å². The lowest BCUT2D eigenvalue weighted by Gasteiger charge is -2.13. The first-order chi connectivity index (χ1) is 13.5. The third-order valence-electron chi connectivity index (χ3n) is 3.99. The molecule has 0 radical (unpaired) electrons. The van der Waals surface area contributed by atoms with Gasteiger partial charge in [-0.1, -0.05) is 12.1 Å². The quantitative estimate of drug-likeness (QED) is 0.416. The van der Waals surface area contributed by atoms with E-state index in [1.807, 2.05) is 24.3 Å². The topological polar surface area (TPSA) is 66.0 Å². The maximum Gasteiger partial charge on any atom is 0.253 e. The first-order valence-electron chi connectivity index (χ1n) is 9.13. The lowest BCUT2D eigenvalue weighted by Crippen LogP contribution is -2.37. The largest absolute Gasteiger partial charge is 0.494 e. The Morgan fingerprint density at radius 2 is 1.75 bits per heavy atom. The number of hydrogen-bond acceptors (Lipinski definition) is 3. The standard InChI is InChI=1S/C21H27FN4O2/c1-23-21(24-13-4-14-28-19-11-9-18(22)10-12-19)25-15-16-5-7-17(8-6-16)20(27)26(2)3/h5-12H,4,13-15H2,1-3H3,(H2,23,24,25). The number of nitrogens with zero attached hydrogens (tertiary/aromatic N) is 2. The van der Waals surface area contributed by atoms with Crippen molar-refractivity contribution in [2.45, 2.75) is 13.0 Å². The molecule has 0 atom stereocenters. The monoisotopic (exact) mass is 386 g/mol. The Morgan fingerprint density at radius 1 is 1.07 bits per heavy atom. The summed E-state index contributed by atoms with van der Waals surface area (Å²) in [6, 6.07) is 13.5. The van der Waals surface area contributed by atoms with Crippen LogP contribution >= 0.6 is 0 Å². The zero-order valence-corrected chi connectivity index (χ0v) is 16.5. The van der Waals surface area contributed by atoms with Crippen molar-refractivity contribution in [3.8, 4) is 5.75 Å². The van der Waals surface area contributed by atoms with Gasteiger partial charge in [-0.2, -0.15) is 0 Å². The molecule has 0 saturated heterocycles. The predicted molar refractivity (Wildman–Crippen MR) is 109 cm³/mol. The van der Waals surface area contributed by atoms with Crippen molar-refractivity contribution in [1.82, 2.24) is 15.5 Å². The molecule has 2 N–H and O–H groups in total. The van der Waals surface area contributed by atoms with Gasteiger partial charge >= 0.3 is 0 Å². The van der Waals surface area contributed by atoms with Crippen LogP contribution in [0.15, 0.2) is 53.5 Å². The van der Waals surface area contributed by atoms with Crippen molar-refractivity contribution in [1.29, 1.82) is 0 Å². The molecule has 2 aromatic rings. The van der Waals surface area contributed by atoms with Gasteiger partial charge in [-0.15, -0.1) is 0 Å². The van der Waals surface area contributed by atoms with E-state index in [1.54, 1.807) is 38.2 Å². The van der Waals surface area contributed by atoms with E-state index in [0.29, 0.717) is 37.0 Å². The number of rotatable bonds is 8. The normalized spacial score (nSPS) is 11.1. The van der Waals surface area contributed by atoms with Crippen LogP contribution in [-0.4, -0.2) is 51.1 Å². The zero-order valence-electron chi connectivity index (χ0n) is 16.5. The molecule has 0 fully saturated rings. The van der Waals surface area contributed by atoms with Crippen LogP contribution < -0.4 is 15.4 Å². The number of halogens is 1. The average molecular weight is 386 g/mol. The highest BCUT2D eigenvalue weighted by molar-refractivity contribution is 5.93. The van der Waals surface area contributed by atoms with Crippen LogP contribution in [0.25, 0.3) is 0 Å². The maximum absolute atomic E-state index is 12.8. The van der Waals surface area contributed by atoms with Gasteiger partial charge in [0.05, 0.1) is 6.61 Å². The molecule has 2 aromatic carbocycles. The number of carbonyl (C=O) groups excluding carboxylic acids is 1. The number of ether oxygens (including phenoxy) is 1. The van der Waals surface area contributed by atoms with E-state index >= 15 is 0 Å². The molecule has 2 rings (SSSR count). The maximum atomic E-state index is 12.8. The minimum atomic E-state index is -0.275. The summed E-state index contributed by atoms with van der Waals surface area (Å²) in [6.07, 6.45) is 0.777. The molecule has 28 heavy (non-hydrogen) atoms. The number of amides is 1. The summed E-state index contributed by atoms with van der Waals surface area (Å²) < 4.78 is 18.4. The molecule has 0 saturated carbocycles. The summed E-state index contributed by atoms with van der Waals surface area (Å²) in [5.41, 5.74) is 1.72. The number of guanidine groups is 1. The summed E-state index contributed by atoms with van der Waals surface area (Å²) in [5, 5.41) is 6.45. The van der Waals surface area contributed by atoms with Gasteiger partial charge in [0.1, 0.15) is 11.6 Å². The van der Waals surface area contributed by atoms with Gasteiger partial charge in [0.15, 0.2) is 5.96 Å². The Hall–Kier alpha value is -3.09. The Labute approximate surface area is 165 Å². The number of carbonyl (C=O) groups is 1. The van der Waals surface area contributed by atoms with Crippen molar-refractivity contribution in [3.63, 3.8) is 0 Å². The third-order valence-corrected chi connectivity index (χ3v) is 3.99. The van der Waals surface area contributed by atoms with Gasteiger partial charge in [0.25, 0.3) is 5.91 Å². The van der Waals surface area contributed by atoms with E-state index in [0.717, 1.165) is 12.0 Å². The Balaban J connectivity index is 1.68. The highest BCUT2D eigenvalue weighted by Crippen LogP contribution is 2.11. The van der Waals surface area contributed by atoms with Gasteiger partial charge in [-0.3, -0.25) is 9.79 Å². The Kier molecular flexibility index (Phi) is 8.27. The van der Waals surface area contributed by atoms with Crippen LogP contribution in [0.2, 0.25) is 0 Å². The van der Waals surface area contributed by atoms with Gasteiger partial charge in [0.2, 0.25) is 0 Å². The fourth-order valence-electron chi connectivity index (χ4n) is 2.43. The van der Waals surface area contributed by atoms with Crippen LogP contribution in [0.3, 0.4) is 0 Å². The fourth-order valence-corrected chi connectivity index (χ4v) is 2.43. The second-order valence-corrected chi connectivity index (χ2v) is 6.40. The molecule has 0 aromatic heterocycles. The lowest BCUT2D eigenvalue weighted by atomic mass is 10.1. The van der Waals surface area contributed by atoms with Crippen LogP contribution in [0.1, 0.15) is 22.3 Å². The number of benzene rings is 2. The molecule has 1 amide bonds. The second-order valence-electron chi connectivity index (χ2n) is 6.40. The van der Waals surface area contributed by atoms with Crippen molar-refractivity contribution < 1.29 is 13.9 Å². The molecule has 0 aliphatic heterocycles. The minimum absolute atomic E-state index is 0.0140. The molecule has 0 spiro atoms. The summed E-state index contributed by atoms with van der Waals surface area (Å²) in [4.78, 5) is 17.6. The van der Waals surface area contributed by atoms with E-state index in [-0.39, 0.29) is 11.7 Å². The second kappa shape index (κ2) is 10.9. The van der Waals surface area contributed by atoms with Crippen LogP contribution in [-0.2, 0) is 6.54 Å². The molecule has 6 nitrogen and oxygen atoms in total. The van der Waals surface area contributed by atoms with E-state index in [1.165, 1.54) is 12.1 Å². The van der Waals surface area contributed by atoms with Crippen LogP contribution in [0.5, 0.6) is 5.75 Å². The van der Waals surface area contributed by atoms with Gasteiger partial charge < -0.3 is 20.3 Å². The van der Waals surface area contributed by atoms with Crippen molar-refractivity contribution in [2.75, 3.05) is 34.3 Å². The van der Waals surface area contributed by atoms with E-state index in [4.69, 9.17) is 4.74 Å². The van der Waals surface area contributed by atoms with E-state index in [9.17, 15) is 9.18 Å². The Bertz CT molecular complexity index is 774. The molecule has 0 heterocycles. The summed E-state index contributed by atoms with van der Waals surface area (Å²) in [6.45, 7) is 1.82. The van der Waals surface area contributed by atoms with E-state index in [2.05, 4.69) is 15.6 Å². The van der Waals surface area contributed by atoms with Crippen molar-refractivity contribution >= 4 is 11.9 Å². The molecule has 0 aliphatic rings. The number of aliphatic imine (C=N–C) groups is 1. The molecule has 0 aliphatic carbocycles. The van der Waals surface area contributed by atoms with Crippen LogP contribution in [0, 0.1) is 5.82 Å². The zero-order chi connectivity index (χ0) is 20.4. The Morgan fingerprint density at radius 3 is 2.36 bits per heavy atom. The van der Waals surface area contributed by atoms with E-state index < -0.39 is 0 Å². The van der Waals surface area contributed by atoms with Crippen molar-refractivity contribution in [3.05, 3.63) is 65.5 Å². The molecule has 0 unspecified atom stereocenters. The van der Waals surface area contributed by atoms with Crippen LogP contribution in [0.4, 0.5) is 4.39 Å². The average Bonchev–Trinajstić information content (AvgIpc) is 2.71. The molecule has 150 valence electrons. The van der Waals surface area contributed by atoms with Crippen molar-refractivity contribution in [2.24, 2.45) is 4.99 Å². The summed E-state index contributed by atoms with van der Waals surface area (Å²) in [7, 11) is 5.18. The third kappa shape index (κ3) is 6.90. The smallest absolute Gasteiger partial charge is 0.253 e. The highest BCUT2D eigenvalue weighted by Gasteiger charge is 2.07. The number of hydrogen-bond donors (Lipinski definition) is 2. The molecule has 0 bridgehead atoms. The van der Waals surface area contributed by atoms with Gasteiger partial charge in [-0.25, -0.2) is 4.39 Å². The summed E-state index contributed by atoms with van der Waals surface area (Å²) in [5.74, 6) is 1.05. The lowest BCUT2D eigenvalue weighted by molar-refractivity contribution is 0.0827. The SMILES string of the molecule is CN=C(NCCCOc1ccc(F)cc1)NCc1ccc(C(=O)N(C)C)cc1. The minimum Gasteiger partial charge on any atom is -0.494 e. The predicted octanol–water partition coefficient (Wildman–Crippen LogP) is 2.66.